The van der Waals surface area contributed by atoms with Crippen LogP contribution >= 0.6 is 11.8 Å². The summed E-state index contributed by atoms with van der Waals surface area (Å²) in [7, 11) is 1.61. The number of halogens is 1. The predicted molar refractivity (Wildman–Crippen MR) is 101 cm³/mol. The Labute approximate surface area is 160 Å². The van der Waals surface area contributed by atoms with Crippen LogP contribution in [0.15, 0.2) is 52.1 Å². The number of rotatable bonds is 7. The number of carbonyl (C=O) groups is 1. The normalized spacial score (nSPS) is 10.6. The summed E-state index contributed by atoms with van der Waals surface area (Å²) in [5.41, 5.74) is 1.94. The topological polar surface area (TPSA) is 77.2 Å². The molecule has 140 valence electrons. The van der Waals surface area contributed by atoms with E-state index in [9.17, 15) is 9.18 Å². The maximum atomic E-state index is 13.8. The molecule has 0 spiro atoms. The zero-order valence-corrected chi connectivity index (χ0v) is 15.7. The van der Waals surface area contributed by atoms with E-state index in [2.05, 4.69) is 15.5 Å². The van der Waals surface area contributed by atoms with Crippen molar-refractivity contribution in [3.8, 4) is 5.75 Å². The molecule has 3 aromatic rings. The molecule has 0 bridgehead atoms. The van der Waals surface area contributed by atoms with Gasteiger partial charge in [-0.1, -0.05) is 30.0 Å². The highest BCUT2D eigenvalue weighted by atomic mass is 32.2. The van der Waals surface area contributed by atoms with Crippen LogP contribution in [0, 0.1) is 12.7 Å². The molecule has 0 fully saturated rings. The number of hydrogen-bond acceptors (Lipinski definition) is 6. The summed E-state index contributed by atoms with van der Waals surface area (Å²) >= 11 is 1.10. The predicted octanol–water partition coefficient (Wildman–Crippen LogP) is 3.85. The van der Waals surface area contributed by atoms with Gasteiger partial charge in [0.25, 0.3) is 5.22 Å². The first-order valence-corrected chi connectivity index (χ1v) is 9.16. The molecule has 0 aliphatic carbocycles. The summed E-state index contributed by atoms with van der Waals surface area (Å²) in [4.78, 5) is 12.0. The monoisotopic (exact) mass is 387 g/mol. The van der Waals surface area contributed by atoms with Crippen molar-refractivity contribution in [2.75, 3.05) is 18.2 Å². The van der Waals surface area contributed by atoms with Gasteiger partial charge in [0.15, 0.2) is 0 Å². The Bertz CT molecular complexity index is 928. The maximum Gasteiger partial charge on any atom is 0.277 e. The van der Waals surface area contributed by atoms with Gasteiger partial charge in [-0.05, 0) is 42.3 Å². The molecule has 0 aliphatic heterocycles. The Kier molecular flexibility index (Phi) is 6.08. The van der Waals surface area contributed by atoms with E-state index < -0.39 is 5.82 Å². The Morgan fingerprint density at radius 1 is 1.22 bits per heavy atom. The van der Waals surface area contributed by atoms with Crippen molar-refractivity contribution in [2.24, 2.45) is 0 Å². The van der Waals surface area contributed by atoms with E-state index in [1.807, 2.05) is 24.3 Å². The Balaban J connectivity index is 1.52. The fourth-order valence-corrected chi connectivity index (χ4v) is 2.90. The largest absolute Gasteiger partial charge is 0.497 e. The first-order chi connectivity index (χ1) is 13.0. The van der Waals surface area contributed by atoms with E-state index in [-0.39, 0.29) is 22.6 Å². The molecule has 1 N–H and O–H groups in total. The van der Waals surface area contributed by atoms with E-state index in [0.717, 1.165) is 28.6 Å². The van der Waals surface area contributed by atoms with Crippen LogP contribution in [0.3, 0.4) is 0 Å². The molecule has 0 atom stereocenters. The summed E-state index contributed by atoms with van der Waals surface area (Å²) in [6.07, 6.45) is 0.484. The number of nitrogens with one attached hydrogen (secondary N) is 1. The number of nitrogens with zero attached hydrogens (tertiary/aromatic N) is 2. The van der Waals surface area contributed by atoms with Gasteiger partial charge >= 0.3 is 0 Å². The lowest BCUT2D eigenvalue weighted by Crippen LogP contribution is -2.15. The highest BCUT2D eigenvalue weighted by molar-refractivity contribution is 7.99. The molecule has 0 radical (unpaired) electrons. The van der Waals surface area contributed by atoms with Gasteiger partial charge in [0.1, 0.15) is 11.6 Å². The lowest BCUT2D eigenvalue weighted by atomic mass is 10.1. The number of aromatic nitrogens is 2. The lowest BCUT2D eigenvalue weighted by Gasteiger charge is -2.05. The Morgan fingerprint density at radius 2 is 2.00 bits per heavy atom. The number of amides is 1. The van der Waals surface area contributed by atoms with Crippen LogP contribution in [0.1, 0.15) is 17.0 Å². The highest BCUT2D eigenvalue weighted by Crippen LogP contribution is 2.20. The van der Waals surface area contributed by atoms with E-state index >= 15 is 0 Å². The van der Waals surface area contributed by atoms with Gasteiger partial charge in [-0.2, -0.15) is 0 Å². The van der Waals surface area contributed by atoms with Gasteiger partial charge in [0, 0.05) is 0 Å². The summed E-state index contributed by atoms with van der Waals surface area (Å²) in [6.45, 7) is 1.78. The second-order valence-corrected chi connectivity index (χ2v) is 6.73. The van der Waals surface area contributed by atoms with Gasteiger partial charge in [0.05, 0.1) is 25.0 Å². The first kappa shape index (κ1) is 18.9. The molecular formula is C19H18FN3O3S. The first-order valence-electron chi connectivity index (χ1n) is 8.17. The van der Waals surface area contributed by atoms with E-state index in [1.165, 1.54) is 12.1 Å². The number of methoxy groups -OCH3 is 1. The molecule has 0 saturated heterocycles. The standard InChI is InChI=1S/C19H18FN3O3S/c1-12-3-8-16(15(20)9-12)21-17(24)11-27-19-23-22-18(26-19)10-13-4-6-14(25-2)7-5-13/h3-9H,10-11H2,1-2H3,(H,21,24). The van der Waals surface area contributed by atoms with Crippen molar-refractivity contribution >= 4 is 23.4 Å². The third-order valence-corrected chi connectivity index (χ3v) is 4.51. The van der Waals surface area contributed by atoms with Crippen molar-refractivity contribution < 1.29 is 18.3 Å². The molecule has 0 aliphatic rings. The summed E-state index contributed by atoms with van der Waals surface area (Å²) in [5.74, 6) is 0.451. The molecule has 2 aromatic carbocycles. The smallest absolute Gasteiger partial charge is 0.277 e. The molecule has 1 amide bonds. The lowest BCUT2D eigenvalue weighted by molar-refractivity contribution is -0.113. The minimum absolute atomic E-state index is 0.0392. The average Bonchev–Trinajstić information content (AvgIpc) is 3.10. The van der Waals surface area contributed by atoms with Gasteiger partial charge < -0.3 is 14.5 Å². The number of anilines is 1. The Hall–Kier alpha value is -2.87. The molecule has 1 heterocycles. The summed E-state index contributed by atoms with van der Waals surface area (Å²) < 4.78 is 24.4. The Morgan fingerprint density at radius 3 is 2.70 bits per heavy atom. The quantitative estimate of drug-likeness (QED) is 0.621. The van der Waals surface area contributed by atoms with E-state index in [1.54, 1.807) is 20.1 Å². The van der Waals surface area contributed by atoms with Crippen LogP contribution in [0.2, 0.25) is 0 Å². The maximum absolute atomic E-state index is 13.8. The van der Waals surface area contributed by atoms with Crippen molar-refractivity contribution in [2.45, 2.75) is 18.6 Å². The molecule has 6 nitrogen and oxygen atoms in total. The van der Waals surface area contributed by atoms with Crippen LogP contribution in [0.4, 0.5) is 10.1 Å². The molecular weight excluding hydrogens is 369 g/mol. The summed E-state index contributed by atoms with van der Waals surface area (Å²) in [6, 6.07) is 12.2. The fraction of sp³-hybridized carbons (Fsp3) is 0.211. The van der Waals surface area contributed by atoms with Crippen LogP contribution < -0.4 is 10.1 Å². The van der Waals surface area contributed by atoms with Crippen LogP contribution in [0.25, 0.3) is 0 Å². The number of ether oxygens (including phenoxy) is 1. The second-order valence-electron chi connectivity index (χ2n) is 5.81. The van der Waals surface area contributed by atoms with E-state index in [4.69, 9.17) is 9.15 Å². The zero-order chi connectivity index (χ0) is 19.2. The van der Waals surface area contributed by atoms with Crippen LogP contribution in [-0.4, -0.2) is 29.0 Å². The van der Waals surface area contributed by atoms with Crippen LogP contribution in [0.5, 0.6) is 5.75 Å². The third kappa shape index (κ3) is 5.30. The van der Waals surface area contributed by atoms with Gasteiger partial charge in [-0.25, -0.2) is 4.39 Å². The minimum Gasteiger partial charge on any atom is -0.497 e. The van der Waals surface area contributed by atoms with E-state index in [0.29, 0.717) is 12.3 Å². The average molecular weight is 387 g/mol. The van der Waals surface area contributed by atoms with Gasteiger partial charge in [-0.15, -0.1) is 10.2 Å². The van der Waals surface area contributed by atoms with Crippen molar-refractivity contribution in [1.82, 2.24) is 10.2 Å². The molecule has 1 aromatic heterocycles. The second kappa shape index (κ2) is 8.68. The summed E-state index contributed by atoms with van der Waals surface area (Å²) in [5, 5.41) is 10.7. The SMILES string of the molecule is COc1ccc(Cc2nnc(SCC(=O)Nc3ccc(C)cc3F)o2)cc1. The number of aryl methyl sites for hydroxylation is 1. The third-order valence-electron chi connectivity index (χ3n) is 3.69. The molecule has 8 heteroatoms. The molecule has 3 rings (SSSR count). The highest BCUT2D eigenvalue weighted by Gasteiger charge is 2.12. The number of carbonyl (C=O) groups excluding carboxylic acids is 1. The van der Waals surface area contributed by atoms with Crippen molar-refractivity contribution in [1.29, 1.82) is 0 Å². The molecule has 27 heavy (non-hydrogen) atoms. The molecule has 0 unspecified atom stereocenters. The number of thioether (sulfide) groups is 1. The van der Waals surface area contributed by atoms with Crippen LogP contribution in [-0.2, 0) is 11.2 Å². The minimum atomic E-state index is -0.465. The fourth-order valence-electron chi connectivity index (χ4n) is 2.32. The molecule has 0 saturated carbocycles. The number of benzene rings is 2. The number of hydrogen-bond donors (Lipinski definition) is 1. The van der Waals surface area contributed by atoms with Gasteiger partial charge in [0.2, 0.25) is 11.8 Å². The van der Waals surface area contributed by atoms with Gasteiger partial charge in [-0.3, -0.25) is 4.79 Å². The van der Waals surface area contributed by atoms with Crippen molar-refractivity contribution in [3.05, 3.63) is 65.3 Å². The zero-order valence-electron chi connectivity index (χ0n) is 14.9. The van der Waals surface area contributed by atoms with Crippen molar-refractivity contribution in [3.63, 3.8) is 0 Å².